The van der Waals surface area contributed by atoms with E-state index in [0.717, 1.165) is 5.19 Å². The molecule has 1 aromatic rings. The monoisotopic (exact) mass is 179 g/mol. The zero-order valence-electron chi connectivity index (χ0n) is 7.37. The van der Waals surface area contributed by atoms with Crippen LogP contribution in [0.15, 0.2) is 30.3 Å². The number of hydrogen-bond donors (Lipinski definition) is 1. The summed E-state index contributed by atoms with van der Waals surface area (Å²) in [5.41, 5.74) is 5.17. The highest BCUT2D eigenvalue weighted by atomic mass is 28.3. The van der Waals surface area contributed by atoms with E-state index in [1.54, 1.807) is 0 Å². The zero-order chi connectivity index (χ0) is 9.19. The lowest BCUT2D eigenvalue weighted by atomic mass is 10.4. The van der Waals surface area contributed by atoms with Crippen LogP contribution in [0.1, 0.15) is 0 Å². The quantitative estimate of drug-likeness (QED) is 0.682. The van der Waals surface area contributed by atoms with E-state index < -0.39 is 8.07 Å². The van der Waals surface area contributed by atoms with Crippen LogP contribution in [-0.2, 0) is 0 Å². The summed E-state index contributed by atoms with van der Waals surface area (Å²) in [6, 6.07) is 9.75. The van der Waals surface area contributed by atoms with Crippen LogP contribution in [0, 0.1) is 0 Å². The Morgan fingerprint density at radius 1 is 1.25 bits per heavy atom. The van der Waals surface area contributed by atoms with Gasteiger partial charge in [0.05, 0.1) is 0 Å². The molecule has 0 aliphatic carbocycles. The topological polar surface area (TPSA) is 43.1 Å². The molecule has 64 valence electrons. The van der Waals surface area contributed by atoms with Crippen molar-refractivity contribution in [2.45, 2.75) is 13.1 Å². The van der Waals surface area contributed by atoms with Gasteiger partial charge in [-0.25, -0.2) is 0 Å². The van der Waals surface area contributed by atoms with Gasteiger partial charge < -0.3 is 5.73 Å². The molecule has 1 aromatic carbocycles. The summed E-state index contributed by atoms with van der Waals surface area (Å²) in [5, 5.41) is 1.09. The first-order valence-electron chi connectivity index (χ1n) is 3.90. The van der Waals surface area contributed by atoms with E-state index in [1.807, 2.05) is 43.4 Å². The predicted molar refractivity (Wildman–Crippen MR) is 53.1 cm³/mol. The molecule has 0 aliphatic heterocycles. The molecule has 1 amide bonds. The summed E-state index contributed by atoms with van der Waals surface area (Å²) in [4.78, 5) is 11.1. The molecule has 2 N–H and O–H groups in total. The standard InChI is InChI=1S/C9H13NOSi/c1-12(2,9(10)11)8-6-4-3-5-7-8/h3-7H,1-2H3,(H2,10,11). The lowest BCUT2D eigenvalue weighted by molar-refractivity contribution is 0.265. The van der Waals surface area contributed by atoms with Crippen molar-refractivity contribution in [2.24, 2.45) is 5.73 Å². The van der Waals surface area contributed by atoms with Gasteiger partial charge in [0, 0.05) is 0 Å². The average molecular weight is 179 g/mol. The van der Waals surface area contributed by atoms with E-state index in [1.165, 1.54) is 0 Å². The lowest BCUT2D eigenvalue weighted by Gasteiger charge is -2.17. The van der Waals surface area contributed by atoms with Crippen LogP contribution in [0.2, 0.25) is 13.1 Å². The van der Waals surface area contributed by atoms with E-state index in [9.17, 15) is 4.79 Å². The number of carbonyl (C=O) groups excluding carboxylic acids is 1. The highest BCUT2D eigenvalue weighted by Crippen LogP contribution is 2.02. The minimum Gasteiger partial charge on any atom is -0.374 e. The maximum atomic E-state index is 11.1. The maximum Gasteiger partial charge on any atom is 0.194 e. The molecular formula is C9H13NOSi. The Bertz CT molecular complexity index is 282. The molecule has 0 spiro atoms. The molecule has 0 aromatic heterocycles. The van der Waals surface area contributed by atoms with Gasteiger partial charge in [-0.2, -0.15) is 0 Å². The van der Waals surface area contributed by atoms with Crippen molar-refractivity contribution in [2.75, 3.05) is 0 Å². The Morgan fingerprint density at radius 3 is 2.17 bits per heavy atom. The normalized spacial score (nSPS) is 11.2. The molecule has 2 nitrogen and oxygen atoms in total. The zero-order valence-corrected chi connectivity index (χ0v) is 8.37. The van der Waals surface area contributed by atoms with Crippen molar-refractivity contribution in [3.63, 3.8) is 0 Å². The molecule has 0 heterocycles. The fourth-order valence-corrected chi connectivity index (χ4v) is 2.31. The summed E-state index contributed by atoms with van der Waals surface area (Å²) in [6.07, 6.45) is 0. The second-order valence-electron chi connectivity index (χ2n) is 3.36. The van der Waals surface area contributed by atoms with Crippen LogP contribution in [0.4, 0.5) is 4.79 Å². The van der Waals surface area contributed by atoms with E-state index in [0.29, 0.717) is 0 Å². The molecule has 0 saturated carbocycles. The summed E-state index contributed by atoms with van der Waals surface area (Å²) >= 11 is 0. The van der Waals surface area contributed by atoms with Gasteiger partial charge in [-0.15, -0.1) is 0 Å². The first kappa shape index (κ1) is 9.00. The minimum atomic E-state index is -2.02. The van der Waals surface area contributed by atoms with Crippen molar-refractivity contribution in [3.8, 4) is 0 Å². The number of carbonyl (C=O) groups is 1. The minimum absolute atomic E-state index is 0.159. The van der Waals surface area contributed by atoms with Gasteiger partial charge in [-0.05, 0) is 5.19 Å². The molecule has 0 bridgehead atoms. The molecule has 12 heavy (non-hydrogen) atoms. The number of amides is 1. The third-order valence-corrected chi connectivity index (χ3v) is 5.12. The number of benzene rings is 1. The van der Waals surface area contributed by atoms with Crippen molar-refractivity contribution in [1.29, 1.82) is 0 Å². The Balaban J connectivity index is 3.06. The summed E-state index contributed by atoms with van der Waals surface area (Å²) < 4.78 is 0. The van der Waals surface area contributed by atoms with Crippen LogP contribution in [0.5, 0.6) is 0 Å². The molecule has 0 aliphatic rings. The first-order chi connectivity index (χ1) is 5.55. The van der Waals surface area contributed by atoms with Gasteiger partial charge in [-0.3, -0.25) is 4.79 Å². The Labute approximate surface area is 73.4 Å². The van der Waals surface area contributed by atoms with Gasteiger partial charge in [0.1, 0.15) is 0 Å². The average Bonchev–Trinajstić information content (AvgIpc) is 2.06. The summed E-state index contributed by atoms with van der Waals surface area (Å²) in [5.74, 6) is 0. The first-order valence-corrected chi connectivity index (χ1v) is 6.90. The smallest absolute Gasteiger partial charge is 0.194 e. The van der Waals surface area contributed by atoms with E-state index in [2.05, 4.69) is 0 Å². The summed E-state index contributed by atoms with van der Waals surface area (Å²) in [7, 11) is -2.02. The van der Waals surface area contributed by atoms with Crippen LogP contribution in [0.3, 0.4) is 0 Å². The molecular weight excluding hydrogens is 166 g/mol. The molecule has 0 saturated heterocycles. The van der Waals surface area contributed by atoms with E-state index >= 15 is 0 Å². The van der Waals surface area contributed by atoms with Crippen LogP contribution < -0.4 is 10.9 Å². The largest absolute Gasteiger partial charge is 0.374 e. The fourth-order valence-electron chi connectivity index (χ4n) is 0.997. The molecule has 0 fully saturated rings. The third kappa shape index (κ3) is 1.56. The van der Waals surface area contributed by atoms with Gasteiger partial charge >= 0.3 is 0 Å². The van der Waals surface area contributed by atoms with Gasteiger partial charge in [-0.1, -0.05) is 43.4 Å². The maximum absolute atomic E-state index is 11.1. The highest BCUT2D eigenvalue weighted by Gasteiger charge is 2.30. The van der Waals surface area contributed by atoms with E-state index in [-0.39, 0.29) is 5.53 Å². The van der Waals surface area contributed by atoms with Gasteiger partial charge in [0.15, 0.2) is 13.6 Å². The molecule has 0 atom stereocenters. The third-order valence-electron chi connectivity index (χ3n) is 2.11. The Hall–Kier alpha value is -1.09. The van der Waals surface area contributed by atoms with Gasteiger partial charge in [0.2, 0.25) is 0 Å². The van der Waals surface area contributed by atoms with Crippen LogP contribution in [0.25, 0.3) is 0 Å². The van der Waals surface area contributed by atoms with Crippen molar-refractivity contribution in [1.82, 2.24) is 0 Å². The van der Waals surface area contributed by atoms with E-state index in [4.69, 9.17) is 5.73 Å². The highest BCUT2D eigenvalue weighted by molar-refractivity contribution is 7.12. The SMILES string of the molecule is C[Si](C)(C(N)=O)c1ccccc1. The second kappa shape index (κ2) is 3.11. The fraction of sp³-hybridized carbons (Fsp3) is 0.222. The van der Waals surface area contributed by atoms with Crippen molar-refractivity contribution < 1.29 is 4.79 Å². The molecule has 3 heteroatoms. The number of rotatable bonds is 2. The Kier molecular flexibility index (Phi) is 2.33. The van der Waals surface area contributed by atoms with Crippen LogP contribution in [-0.4, -0.2) is 13.6 Å². The number of primary amides is 1. The molecule has 0 unspecified atom stereocenters. The van der Waals surface area contributed by atoms with Crippen molar-refractivity contribution >= 4 is 18.8 Å². The van der Waals surface area contributed by atoms with Crippen LogP contribution >= 0.6 is 0 Å². The molecule has 0 radical (unpaired) electrons. The molecule has 1 rings (SSSR count). The van der Waals surface area contributed by atoms with Crippen molar-refractivity contribution in [3.05, 3.63) is 30.3 Å². The summed E-state index contributed by atoms with van der Waals surface area (Å²) in [6.45, 7) is 3.93. The second-order valence-corrected chi connectivity index (χ2v) is 7.68. The Morgan fingerprint density at radius 2 is 1.75 bits per heavy atom. The van der Waals surface area contributed by atoms with Gasteiger partial charge in [0.25, 0.3) is 0 Å². The lowest BCUT2D eigenvalue weighted by Crippen LogP contribution is -2.52. The number of hydrogen-bond acceptors (Lipinski definition) is 1. The number of nitrogens with two attached hydrogens (primary N) is 1. The predicted octanol–water partition coefficient (Wildman–Crippen LogP) is 1.26.